The van der Waals surface area contributed by atoms with Crippen molar-refractivity contribution in [1.82, 2.24) is 9.47 Å². The maximum atomic E-state index is 11.8. The number of carbonyl (C=O) groups excluding carboxylic acids is 1. The zero-order valence-corrected chi connectivity index (χ0v) is 9.14. The van der Waals surface area contributed by atoms with E-state index >= 15 is 0 Å². The van der Waals surface area contributed by atoms with Crippen LogP contribution in [-0.4, -0.2) is 29.6 Å². The predicted octanol–water partition coefficient (Wildman–Crippen LogP) is 2.04. The number of carbonyl (C=O) groups is 1. The number of benzene rings is 1. The molecular weight excluding hydrogens is 202 g/mol. The third-order valence-electron chi connectivity index (χ3n) is 2.41. The molecule has 0 fully saturated rings. The minimum absolute atomic E-state index is 0.0975. The zero-order valence-electron chi connectivity index (χ0n) is 9.14. The Morgan fingerprint density at radius 2 is 2.12 bits per heavy atom. The van der Waals surface area contributed by atoms with Crippen molar-refractivity contribution < 1.29 is 4.79 Å². The van der Waals surface area contributed by atoms with Crippen molar-refractivity contribution in [3.63, 3.8) is 0 Å². The van der Waals surface area contributed by atoms with E-state index in [4.69, 9.17) is 5.26 Å². The summed E-state index contributed by atoms with van der Waals surface area (Å²) in [6.07, 6.45) is 1.72. The van der Waals surface area contributed by atoms with Crippen LogP contribution in [0.5, 0.6) is 0 Å². The molecule has 1 amide bonds. The van der Waals surface area contributed by atoms with E-state index in [9.17, 15) is 4.79 Å². The second-order valence-electron chi connectivity index (χ2n) is 3.75. The first-order valence-corrected chi connectivity index (χ1v) is 4.86. The van der Waals surface area contributed by atoms with Gasteiger partial charge in [0.2, 0.25) is 0 Å². The molecule has 2 aromatic rings. The van der Waals surface area contributed by atoms with Crippen molar-refractivity contribution >= 4 is 16.9 Å². The quantitative estimate of drug-likeness (QED) is 0.672. The number of hydrogen-bond donors (Lipinski definition) is 0. The lowest BCUT2D eigenvalue weighted by molar-refractivity contribution is 0.220. The van der Waals surface area contributed by atoms with Gasteiger partial charge in [-0.2, -0.15) is 5.26 Å². The van der Waals surface area contributed by atoms with E-state index in [1.807, 2.05) is 6.07 Å². The fourth-order valence-corrected chi connectivity index (χ4v) is 1.59. The summed E-state index contributed by atoms with van der Waals surface area (Å²) >= 11 is 0. The molecule has 0 bridgehead atoms. The average molecular weight is 213 g/mol. The molecule has 0 radical (unpaired) electrons. The van der Waals surface area contributed by atoms with Gasteiger partial charge in [0, 0.05) is 25.7 Å². The Bertz CT molecular complexity index is 590. The van der Waals surface area contributed by atoms with Crippen LogP contribution in [0.1, 0.15) is 5.56 Å². The monoisotopic (exact) mass is 213 g/mol. The topological polar surface area (TPSA) is 49.0 Å². The smallest absolute Gasteiger partial charge is 0.328 e. The molecule has 0 saturated heterocycles. The van der Waals surface area contributed by atoms with E-state index < -0.39 is 0 Å². The Hall–Kier alpha value is -2.28. The normalized spacial score (nSPS) is 10.1. The fourth-order valence-electron chi connectivity index (χ4n) is 1.59. The van der Waals surface area contributed by atoms with Crippen LogP contribution in [0.4, 0.5) is 4.79 Å². The van der Waals surface area contributed by atoms with E-state index in [2.05, 4.69) is 6.07 Å². The largest absolute Gasteiger partial charge is 0.330 e. The van der Waals surface area contributed by atoms with Crippen LogP contribution >= 0.6 is 0 Å². The van der Waals surface area contributed by atoms with Gasteiger partial charge in [-0.15, -0.1) is 0 Å². The van der Waals surface area contributed by atoms with Gasteiger partial charge in [0.15, 0.2) is 0 Å². The SMILES string of the molecule is CN(C)C(=O)n1ccc2cc(C#N)ccc21. The molecule has 0 N–H and O–H groups in total. The molecule has 1 aromatic heterocycles. The van der Waals surface area contributed by atoms with E-state index in [0.29, 0.717) is 5.56 Å². The van der Waals surface area contributed by atoms with Crippen LogP contribution in [0.3, 0.4) is 0 Å². The lowest BCUT2D eigenvalue weighted by Gasteiger charge is -2.11. The Labute approximate surface area is 93.3 Å². The van der Waals surface area contributed by atoms with Crippen LogP contribution in [0.25, 0.3) is 10.9 Å². The summed E-state index contributed by atoms with van der Waals surface area (Å²) < 4.78 is 1.57. The summed E-state index contributed by atoms with van der Waals surface area (Å²) in [6, 6.07) is 9.08. The maximum Gasteiger partial charge on any atom is 0.328 e. The first-order chi connectivity index (χ1) is 7.63. The van der Waals surface area contributed by atoms with E-state index in [1.54, 1.807) is 43.1 Å². The Kier molecular flexibility index (Phi) is 2.37. The number of aromatic nitrogens is 1. The molecular formula is C12H11N3O. The molecule has 4 nitrogen and oxygen atoms in total. The van der Waals surface area contributed by atoms with Gasteiger partial charge < -0.3 is 4.90 Å². The second-order valence-corrected chi connectivity index (χ2v) is 3.75. The molecule has 0 unspecified atom stereocenters. The van der Waals surface area contributed by atoms with E-state index in [1.165, 1.54) is 4.90 Å². The Morgan fingerprint density at radius 1 is 1.38 bits per heavy atom. The van der Waals surface area contributed by atoms with E-state index in [0.717, 1.165) is 10.9 Å². The van der Waals surface area contributed by atoms with Gasteiger partial charge in [-0.1, -0.05) is 0 Å². The van der Waals surface area contributed by atoms with Gasteiger partial charge in [-0.25, -0.2) is 4.79 Å². The summed E-state index contributed by atoms with van der Waals surface area (Å²) in [4.78, 5) is 13.3. The van der Waals surface area contributed by atoms with Gasteiger partial charge in [0.05, 0.1) is 17.1 Å². The third-order valence-corrected chi connectivity index (χ3v) is 2.41. The van der Waals surface area contributed by atoms with Crippen LogP contribution in [0.2, 0.25) is 0 Å². The summed E-state index contributed by atoms with van der Waals surface area (Å²) in [5.74, 6) is 0. The number of nitriles is 1. The number of fused-ring (bicyclic) bond motifs is 1. The van der Waals surface area contributed by atoms with Gasteiger partial charge >= 0.3 is 6.03 Å². The molecule has 16 heavy (non-hydrogen) atoms. The summed E-state index contributed by atoms with van der Waals surface area (Å²) in [5.41, 5.74) is 1.42. The highest BCUT2D eigenvalue weighted by molar-refractivity contribution is 5.92. The first-order valence-electron chi connectivity index (χ1n) is 4.86. The molecule has 0 spiro atoms. The minimum Gasteiger partial charge on any atom is -0.330 e. The van der Waals surface area contributed by atoms with Crippen molar-refractivity contribution in [2.75, 3.05) is 14.1 Å². The first kappa shape index (κ1) is 10.2. The van der Waals surface area contributed by atoms with E-state index in [-0.39, 0.29) is 6.03 Å². The molecule has 1 heterocycles. The number of amides is 1. The molecule has 0 saturated carbocycles. The van der Waals surface area contributed by atoms with Gasteiger partial charge in [-0.05, 0) is 24.3 Å². The number of nitrogens with zero attached hydrogens (tertiary/aromatic N) is 3. The maximum absolute atomic E-state index is 11.8. The molecule has 1 aromatic carbocycles. The second kappa shape index (κ2) is 3.70. The van der Waals surface area contributed by atoms with Crippen molar-refractivity contribution in [2.24, 2.45) is 0 Å². The minimum atomic E-state index is -0.0975. The van der Waals surface area contributed by atoms with Crippen molar-refractivity contribution in [3.8, 4) is 6.07 Å². The zero-order chi connectivity index (χ0) is 11.7. The summed E-state index contributed by atoms with van der Waals surface area (Å²) in [6.45, 7) is 0. The Balaban J connectivity index is 2.59. The van der Waals surface area contributed by atoms with Crippen molar-refractivity contribution in [3.05, 3.63) is 36.0 Å². The summed E-state index contributed by atoms with van der Waals surface area (Å²) in [7, 11) is 3.41. The molecule has 2 rings (SSSR count). The standard InChI is InChI=1S/C12H11N3O/c1-14(2)12(16)15-6-5-10-7-9(8-13)3-4-11(10)15/h3-7H,1-2H3. The highest BCUT2D eigenvalue weighted by Gasteiger charge is 2.10. The van der Waals surface area contributed by atoms with Crippen LogP contribution in [-0.2, 0) is 0 Å². The molecule has 0 aliphatic heterocycles. The average Bonchev–Trinajstić information content (AvgIpc) is 2.70. The van der Waals surface area contributed by atoms with Crippen LogP contribution < -0.4 is 0 Å². The molecule has 0 aliphatic carbocycles. The summed E-state index contributed by atoms with van der Waals surface area (Å²) in [5, 5.41) is 9.67. The van der Waals surface area contributed by atoms with Gasteiger partial charge in [0.25, 0.3) is 0 Å². The highest BCUT2D eigenvalue weighted by atomic mass is 16.2. The molecule has 4 heteroatoms. The lowest BCUT2D eigenvalue weighted by Crippen LogP contribution is -2.26. The molecule has 80 valence electrons. The van der Waals surface area contributed by atoms with Crippen molar-refractivity contribution in [2.45, 2.75) is 0 Å². The van der Waals surface area contributed by atoms with Gasteiger partial charge in [0.1, 0.15) is 0 Å². The predicted molar refractivity (Wildman–Crippen MR) is 61.1 cm³/mol. The van der Waals surface area contributed by atoms with Crippen molar-refractivity contribution in [1.29, 1.82) is 5.26 Å². The molecule has 0 aliphatic rings. The number of rotatable bonds is 0. The Morgan fingerprint density at radius 3 is 2.75 bits per heavy atom. The highest BCUT2D eigenvalue weighted by Crippen LogP contribution is 2.17. The number of hydrogen-bond acceptors (Lipinski definition) is 2. The molecule has 0 atom stereocenters. The van der Waals surface area contributed by atoms with Crippen LogP contribution in [0, 0.1) is 11.3 Å². The third kappa shape index (κ3) is 1.52. The van der Waals surface area contributed by atoms with Crippen LogP contribution in [0.15, 0.2) is 30.5 Å². The fraction of sp³-hybridized carbons (Fsp3) is 0.167. The lowest BCUT2D eigenvalue weighted by atomic mass is 10.2. The van der Waals surface area contributed by atoms with Gasteiger partial charge in [-0.3, -0.25) is 4.57 Å².